The number of nitrogens with zero attached hydrogens (tertiary/aromatic N) is 1. The minimum absolute atomic E-state index is 0.230. The fraction of sp³-hybridized carbons (Fsp3) is 0.200. The van der Waals surface area contributed by atoms with E-state index in [1.54, 1.807) is 18.2 Å². The Morgan fingerprint density at radius 3 is 2.41 bits per heavy atom. The van der Waals surface area contributed by atoms with Gasteiger partial charge < -0.3 is 20.7 Å². The average Bonchev–Trinajstić information content (AvgIpc) is 2.25. The van der Waals surface area contributed by atoms with E-state index in [1.807, 2.05) is 0 Å². The summed E-state index contributed by atoms with van der Waals surface area (Å²) in [6.45, 7) is -0.374. The Hall–Kier alpha value is -2.44. The summed E-state index contributed by atoms with van der Waals surface area (Å²) >= 11 is 0. The van der Waals surface area contributed by atoms with Gasteiger partial charge in [-0.1, -0.05) is 6.07 Å². The highest BCUT2D eigenvalue weighted by molar-refractivity contribution is 5.85. The molecule has 1 rings (SSSR count). The number of anilines is 1. The number of hydrogen-bond donors (Lipinski definition) is 3. The molecule has 0 atom stereocenters. The van der Waals surface area contributed by atoms with Crippen molar-refractivity contribution in [3.8, 4) is 5.75 Å². The minimum Gasteiger partial charge on any atom is -0.496 e. The van der Waals surface area contributed by atoms with E-state index in [1.165, 1.54) is 7.11 Å². The number of imide groups is 1. The normalized spacial score (nSPS) is 9.71. The van der Waals surface area contributed by atoms with Crippen LogP contribution in [0.5, 0.6) is 5.75 Å². The number of ether oxygens (including phenoxy) is 1. The summed E-state index contributed by atoms with van der Waals surface area (Å²) in [4.78, 5) is 21.7. The summed E-state index contributed by atoms with van der Waals surface area (Å²) in [6.07, 6.45) is -3.13. The highest BCUT2D eigenvalue weighted by Gasteiger charge is 2.22. The van der Waals surface area contributed by atoms with Crippen molar-refractivity contribution >= 4 is 17.9 Å². The number of amides is 2. The molecule has 17 heavy (non-hydrogen) atoms. The van der Waals surface area contributed by atoms with Crippen molar-refractivity contribution in [3.05, 3.63) is 23.8 Å². The first-order valence-electron chi connectivity index (χ1n) is 4.62. The van der Waals surface area contributed by atoms with Gasteiger partial charge in [-0.05, 0) is 12.1 Å². The maximum absolute atomic E-state index is 10.7. The maximum atomic E-state index is 10.7. The molecule has 0 bridgehead atoms. The van der Waals surface area contributed by atoms with Gasteiger partial charge in [-0.25, -0.2) is 14.5 Å². The van der Waals surface area contributed by atoms with Crippen LogP contribution in [-0.4, -0.2) is 34.4 Å². The van der Waals surface area contributed by atoms with Crippen molar-refractivity contribution in [3.63, 3.8) is 0 Å². The van der Waals surface area contributed by atoms with Gasteiger partial charge in [-0.3, -0.25) is 0 Å². The van der Waals surface area contributed by atoms with Crippen LogP contribution in [0, 0.1) is 0 Å². The lowest BCUT2D eigenvalue weighted by Crippen LogP contribution is -2.34. The standard InChI is InChI=1S/C10H12N2O5/c1-17-8-4-2-3-7(11)6(8)5-12(9(13)14)10(15)16/h2-4H,5,11H2,1H3,(H,13,14)(H,15,16). The van der Waals surface area contributed by atoms with Crippen LogP contribution < -0.4 is 10.5 Å². The van der Waals surface area contributed by atoms with E-state index in [4.69, 9.17) is 20.7 Å². The summed E-state index contributed by atoms with van der Waals surface area (Å²) in [5.74, 6) is 0.345. The first-order valence-corrected chi connectivity index (χ1v) is 4.62. The molecule has 0 aliphatic rings. The van der Waals surface area contributed by atoms with Crippen LogP contribution in [0.15, 0.2) is 18.2 Å². The van der Waals surface area contributed by atoms with Gasteiger partial charge in [0.1, 0.15) is 5.75 Å². The van der Waals surface area contributed by atoms with Crippen LogP contribution in [0.4, 0.5) is 15.3 Å². The number of carboxylic acid groups (broad SMARTS) is 2. The van der Waals surface area contributed by atoms with Gasteiger partial charge >= 0.3 is 12.2 Å². The molecule has 2 amide bonds. The van der Waals surface area contributed by atoms with E-state index >= 15 is 0 Å². The van der Waals surface area contributed by atoms with E-state index in [0.717, 1.165) is 0 Å². The topological polar surface area (TPSA) is 113 Å². The largest absolute Gasteiger partial charge is 0.496 e. The SMILES string of the molecule is COc1cccc(N)c1CN(C(=O)O)C(=O)O. The summed E-state index contributed by atoms with van der Waals surface area (Å²) in [7, 11) is 1.39. The van der Waals surface area contributed by atoms with Gasteiger partial charge in [0, 0.05) is 11.3 Å². The third-order valence-electron chi connectivity index (χ3n) is 2.17. The molecule has 0 saturated carbocycles. The summed E-state index contributed by atoms with van der Waals surface area (Å²) in [5, 5.41) is 17.4. The van der Waals surface area contributed by atoms with E-state index in [9.17, 15) is 9.59 Å². The fourth-order valence-electron chi connectivity index (χ4n) is 1.32. The van der Waals surface area contributed by atoms with Crippen LogP contribution in [0.2, 0.25) is 0 Å². The molecule has 0 aromatic heterocycles. The number of hydrogen-bond acceptors (Lipinski definition) is 4. The van der Waals surface area contributed by atoms with Crippen LogP contribution in [0.3, 0.4) is 0 Å². The second kappa shape index (κ2) is 5.06. The third kappa shape index (κ3) is 2.77. The van der Waals surface area contributed by atoms with Gasteiger partial charge in [0.15, 0.2) is 0 Å². The highest BCUT2D eigenvalue weighted by Crippen LogP contribution is 2.25. The lowest BCUT2D eigenvalue weighted by Gasteiger charge is -2.17. The zero-order chi connectivity index (χ0) is 13.0. The fourth-order valence-corrected chi connectivity index (χ4v) is 1.32. The molecule has 4 N–H and O–H groups in total. The Morgan fingerprint density at radius 1 is 1.35 bits per heavy atom. The molecule has 0 aliphatic carbocycles. The number of nitrogens with two attached hydrogens (primary N) is 1. The van der Waals surface area contributed by atoms with Crippen molar-refractivity contribution < 1.29 is 24.5 Å². The zero-order valence-electron chi connectivity index (χ0n) is 9.08. The minimum atomic E-state index is -1.57. The molecule has 0 spiro atoms. The number of nitrogen functional groups attached to an aromatic ring is 1. The molecular formula is C10H12N2O5. The summed E-state index contributed by atoms with van der Waals surface area (Å²) < 4.78 is 4.99. The Morgan fingerprint density at radius 2 is 1.94 bits per heavy atom. The molecule has 0 aliphatic heterocycles. The molecule has 0 radical (unpaired) electrons. The molecule has 0 heterocycles. The first-order chi connectivity index (χ1) is 7.97. The number of methoxy groups -OCH3 is 1. The maximum Gasteiger partial charge on any atom is 0.417 e. The Kier molecular flexibility index (Phi) is 3.76. The predicted molar refractivity (Wildman–Crippen MR) is 59.0 cm³/mol. The van der Waals surface area contributed by atoms with Gasteiger partial charge in [-0.2, -0.15) is 0 Å². The summed E-state index contributed by atoms with van der Waals surface area (Å²) in [5.41, 5.74) is 6.25. The van der Waals surface area contributed by atoms with Crippen molar-refractivity contribution in [2.75, 3.05) is 12.8 Å². The monoisotopic (exact) mass is 240 g/mol. The summed E-state index contributed by atoms with van der Waals surface area (Å²) in [6, 6.07) is 4.75. The lowest BCUT2D eigenvalue weighted by atomic mass is 10.1. The number of rotatable bonds is 3. The highest BCUT2D eigenvalue weighted by atomic mass is 16.5. The zero-order valence-corrected chi connectivity index (χ0v) is 9.08. The van der Waals surface area contributed by atoms with E-state index in [-0.39, 0.29) is 17.1 Å². The second-order valence-electron chi connectivity index (χ2n) is 3.18. The molecule has 1 aromatic carbocycles. The quantitative estimate of drug-likeness (QED) is 0.689. The Labute approximate surface area is 97.0 Å². The second-order valence-corrected chi connectivity index (χ2v) is 3.18. The van der Waals surface area contributed by atoms with Crippen LogP contribution >= 0.6 is 0 Å². The molecule has 0 saturated heterocycles. The van der Waals surface area contributed by atoms with Gasteiger partial charge in [0.25, 0.3) is 0 Å². The number of carbonyl (C=O) groups is 2. The van der Waals surface area contributed by atoms with Crippen LogP contribution in [0.1, 0.15) is 5.56 Å². The molecule has 1 aromatic rings. The van der Waals surface area contributed by atoms with Crippen molar-refractivity contribution in [1.82, 2.24) is 4.90 Å². The van der Waals surface area contributed by atoms with E-state index in [0.29, 0.717) is 11.3 Å². The molecule has 92 valence electrons. The lowest BCUT2D eigenvalue weighted by molar-refractivity contribution is 0.120. The van der Waals surface area contributed by atoms with Crippen molar-refractivity contribution in [2.45, 2.75) is 6.54 Å². The molecule has 7 nitrogen and oxygen atoms in total. The smallest absolute Gasteiger partial charge is 0.417 e. The Bertz CT molecular complexity index is 432. The van der Waals surface area contributed by atoms with Crippen LogP contribution in [0.25, 0.3) is 0 Å². The van der Waals surface area contributed by atoms with E-state index < -0.39 is 12.2 Å². The first kappa shape index (κ1) is 12.6. The average molecular weight is 240 g/mol. The number of benzene rings is 1. The van der Waals surface area contributed by atoms with Crippen LogP contribution in [-0.2, 0) is 6.54 Å². The van der Waals surface area contributed by atoms with Crippen molar-refractivity contribution in [2.24, 2.45) is 0 Å². The molecular weight excluding hydrogens is 228 g/mol. The van der Waals surface area contributed by atoms with Gasteiger partial charge in [-0.15, -0.1) is 0 Å². The Balaban J connectivity index is 3.08. The molecule has 0 fully saturated rings. The molecule has 0 unspecified atom stereocenters. The predicted octanol–water partition coefficient (Wildman–Crippen LogP) is 1.44. The van der Waals surface area contributed by atoms with Gasteiger partial charge in [0.05, 0.1) is 13.7 Å². The third-order valence-corrected chi connectivity index (χ3v) is 2.17. The van der Waals surface area contributed by atoms with Gasteiger partial charge in [0.2, 0.25) is 0 Å². The molecule has 7 heteroatoms. The van der Waals surface area contributed by atoms with E-state index in [2.05, 4.69) is 0 Å². The van der Waals surface area contributed by atoms with Crippen molar-refractivity contribution in [1.29, 1.82) is 0 Å².